The first kappa shape index (κ1) is 14.7. The Kier molecular flexibility index (Phi) is 5.54. The number of halogens is 1. The van der Waals surface area contributed by atoms with Gasteiger partial charge in [-0.25, -0.2) is 0 Å². The molecule has 1 amide bonds. The predicted molar refractivity (Wildman–Crippen MR) is 77.0 cm³/mol. The Bertz CT molecular complexity index is 426. The fourth-order valence-corrected chi connectivity index (χ4v) is 3.22. The van der Waals surface area contributed by atoms with Crippen LogP contribution in [0.1, 0.15) is 28.7 Å². The van der Waals surface area contributed by atoms with Crippen molar-refractivity contribution in [1.29, 1.82) is 0 Å². The van der Waals surface area contributed by atoms with Gasteiger partial charge in [0, 0.05) is 32.1 Å². The highest BCUT2D eigenvalue weighted by Gasteiger charge is 2.23. The van der Waals surface area contributed by atoms with Gasteiger partial charge in [0.1, 0.15) is 4.88 Å². The largest absolute Gasteiger partial charge is 0.337 e. The summed E-state index contributed by atoms with van der Waals surface area (Å²) in [6.45, 7) is 6.36. The van der Waals surface area contributed by atoms with Crippen LogP contribution in [0.25, 0.3) is 0 Å². The quantitative estimate of drug-likeness (QED) is 0.791. The Balaban J connectivity index is 2.00. The highest BCUT2D eigenvalue weighted by molar-refractivity contribution is 7.08. The number of nitrogens with zero attached hydrogens (tertiary/aromatic N) is 4. The van der Waals surface area contributed by atoms with Gasteiger partial charge in [0.25, 0.3) is 5.91 Å². The Labute approximate surface area is 122 Å². The maximum atomic E-state index is 12.5. The van der Waals surface area contributed by atoms with Crippen LogP contribution in [0.15, 0.2) is 0 Å². The van der Waals surface area contributed by atoms with Gasteiger partial charge in [-0.3, -0.25) is 4.79 Å². The van der Waals surface area contributed by atoms with Crippen LogP contribution in [0.3, 0.4) is 0 Å². The Hall–Kier alpha value is -0.720. The van der Waals surface area contributed by atoms with Gasteiger partial charge >= 0.3 is 0 Å². The molecule has 2 heterocycles. The third-order valence-electron chi connectivity index (χ3n) is 3.36. The minimum Gasteiger partial charge on any atom is -0.337 e. The number of hydrogen-bond acceptors (Lipinski definition) is 5. The number of rotatable bonds is 4. The maximum Gasteiger partial charge on any atom is 0.267 e. The molecule has 1 aromatic heterocycles. The van der Waals surface area contributed by atoms with Gasteiger partial charge < -0.3 is 9.80 Å². The molecule has 0 spiro atoms. The Morgan fingerprint density at radius 1 is 1.37 bits per heavy atom. The summed E-state index contributed by atoms with van der Waals surface area (Å²) in [7, 11) is 0. The summed E-state index contributed by atoms with van der Waals surface area (Å²) in [6.07, 6.45) is 1.75. The molecule has 0 aromatic carbocycles. The molecule has 106 valence electrons. The summed E-state index contributed by atoms with van der Waals surface area (Å²) in [6, 6.07) is 0. The summed E-state index contributed by atoms with van der Waals surface area (Å²) in [5, 5.41) is 4.01. The average molecular weight is 303 g/mol. The van der Waals surface area contributed by atoms with E-state index in [1.165, 1.54) is 11.5 Å². The summed E-state index contributed by atoms with van der Waals surface area (Å²) < 4.78 is 3.89. The molecule has 0 unspecified atom stereocenters. The molecule has 0 N–H and O–H groups in total. The molecule has 2 rings (SSSR count). The van der Waals surface area contributed by atoms with Crippen molar-refractivity contribution in [1.82, 2.24) is 19.4 Å². The van der Waals surface area contributed by atoms with Gasteiger partial charge in [-0.1, -0.05) is 11.4 Å². The fourth-order valence-electron chi connectivity index (χ4n) is 2.26. The van der Waals surface area contributed by atoms with Crippen LogP contribution in [0, 0.1) is 0 Å². The predicted octanol–water partition coefficient (Wildman–Crippen LogP) is 1.49. The SMILES string of the molecule is CCc1nnsc1C(=O)N1CCCN(CCCl)CC1. The van der Waals surface area contributed by atoms with Crippen molar-refractivity contribution in [2.24, 2.45) is 0 Å². The van der Waals surface area contributed by atoms with Gasteiger partial charge in [0.2, 0.25) is 0 Å². The summed E-state index contributed by atoms with van der Waals surface area (Å²) in [4.78, 5) is 17.4. The van der Waals surface area contributed by atoms with Crippen LogP contribution >= 0.6 is 23.1 Å². The highest BCUT2D eigenvalue weighted by Crippen LogP contribution is 2.16. The third-order valence-corrected chi connectivity index (χ3v) is 4.29. The zero-order valence-electron chi connectivity index (χ0n) is 11.1. The summed E-state index contributed by atoms with van der Waals surface area (Å²) in [5.74, 6) is 0.728. The molecule has 1 saturated heterocycles. The first-order valence-corrected chi connectivity index (χ1v) is 7.96. The molecule has 0 aliphatic carbocycles. The minimum atomic E-state index is 0.0829. The van der Waals surface area contributed by atoms with Crippen molar-refractivity contribution >= 4 is 29.0 Å². The van der Waals surface area contributed by atoms with Crippen molar-refractivity contribution in [2.75, 3.05) is 38.6 Å². The molecule has 0 radical (unpaired) electrons. The van der Waals surface area contributed by atoms with Crippen LogP contribution in [-0.4, -0.2) is 63.9 Å². The highest BCUT2D eigenvalue weighted by atomic mass is 35.5. The van der Waals surface area contributed by atoms with Crippen molar-refractivity contribution in [2.45, 2.75) is 19.8 Å². The molecule has 0 saturated carbocycles. The molecule has 1 aliphatic heterocycles. The summed E-state index contributed by atoms with van der Waals surface area (Å²) in [5.41, 5.74) is 0.817. The molecule has 1 aromatic rings. The third kappa shape index (κ3) is 3.64. The molecule has 1 aliphatic rings. The van der Waals surface area contributed by atoms with Crippen molar-refractivity contribution in [3.05, 3.63) is 10.6 Å². The number of aromatic nitrogens is 2. The van der Waals surface area contributed by atoms with Gasteiger partial charge in [-0.15, -0.1) is 16.7 Å². The minimum absolute atomic E-state index is 0.0829. The van der Waals surface area contributed by atoms with E-state index in [0.29, 0.717) is 10.8 Å². The lowest BCUT2D eigenvalue weighted by Gasteiger charge is -2.21. The Morgan fingerprint density at radius 2 is 2.21 bits per heavy atom. The number of amides is 1. The van der Waals surface area contributed by atoms with E-state index in [9.17, 15) is 4.79 Å². The van der Waals surface area contributed by atoms with E-state index >= 15 is 0 Å². The number of carbonyl (C=O) groups is 1. The molecule has 5 nitrogen and oxygen atoms in total. The second kappa shape index (κ2) is 7.17. The van der Waals surface area contributed by atoms with Crippen LogP contribution in [0.2, 0.25) is 0 Å². The molecule has 19 heavy (non-hydrogen) atoms. The fraction of sp³-hybridized carbons (Fsp3) is 0.750. The van der Waals surface area contributed by atoms with E-state index in [-0.39, 0.29) is 5.91 Å². The van der Waals surface area contributed by atoms with Crippen molar-refractivity contribution < 1.29 is 4.79 Å². The topological polar surface area (TPSA) is 49.3 Å². The molecule has 0 atom stereocenters. The van der Waals surface area contributed by atoms with Gasteiger partial charge in [0.05, 0.1) is 5.69 Å². The standard InChI is InChI=1S/C12H19ClN4OS/c1-2-10-11(19-15-14-10)12(18)17-6-3-5-16(7-4-13)8-9-17/h2-9H2,1H3. The molecular formula is C12H19ClN4OS. The normalized spacial score (nSPS) is 17.5. The van der Waals surface area contributed by atoms with Crippen LogP contribution in [-0.2, 0) is 6.42 Å². The first-order valence-electron chi connectivity index (χ1n) is 6.65. The van der Waals surface area contributed by atoms with Gasteiger partial charge in [0.15, 0.2) is 0 Å². The zero-order valence-corrected chi connectivity index (χ0v) is 12.7. The van der Waals surface area contributed by atoms with Crippen LogP contribution < -0.4 is 0 Å². The van der Waals surface area contributed by atoms with E-state index in [2.05, 4.69) is 14.5 Å². The lowest BCUT2D eigenvalue weighted by Crippen LogP contribution is -2.35. The monoisotopic (exact) mass is 302 g/mol. The molecule has 7 heteroatoms. The first-order chi connectivity index (χ1) is 9.26. The van der Waals surface area contributed by atoms with Crippen LogP contribution in [0.4, 0.5) is 0 Å². The van der Waals surface area contributed by atoms with E-state index < -0.39 is 0 Å². The van der Waals surface area contributed by atoms with Gasteiger partial charge in [-0.2, -0.15) is 0 Å². The average Bonchev–Trinajstić information content (AvgIpc) is 2.78. The summed E-state index contributed by atoms with van der Waals surface area (Å²) >= 11 is 6.98. The van der Waals surface area contributed by atoms with E-state index in [1.807, 2.05) is 11.8 Å². The van der Waals surface area contributed by atoms with Crippen LogP contribution in [0.5, 0.6) is 0 Å². The lowest BCUT2D eigenvalue weighted by molar-refractivity contribution is 0.0765. The van der Waals surface area contributed by atoms with E-state index in [0.717, 1.165) is 51.3 Å². The Morgan fingerprint density at radius 3 is 2.95 bits per heavy atom. The smallest absolute Gasteiger partial charge is 0.267 e. The maximum absolute atomic E-state index is 12.5. The van der Waals surface area contributed by atoms with Crippen molar-refractivity contribution in [3.8, 4) is 0 Å². The van der Waals surface area contributed by atoms with E-state index in [4.69, 9.17) is 11.6 Å². The van der Waals surface area contributed by atoms with Crippen molar-refractivity contribution in [3.63, 3.8) is 0 Å². The molecule has 1 fully saturated rings. The second-order valence-electron chi connectivity index (χ2n) is 4.58. The number of alkyl halides is 1. The lowest BCUT2D eigenvalue weighted by atomic mass is 10.2. The zero-order chi connectivity index (χ0) is 13.7. The molecule has 0 bridgehead atoms. The second-order valence-corrected chi connectivity index (χ2v) is 5.71. The van der Waals surface area contributed by atoms with E-state index in [1.54, 1.807) is 0 Å². The number of hydrogen-bond donors (Lipinski definition) is 0. The number of carbonyl (C=O) groups excluding carboxylic acids is 1. The van der Waals surface area contributed by atoms with Gasteiger partial charge in [-0.05, 0) is 30.9 Å². The molecular weight excluding hydrogens is 284 g/mol. The number of aryl methyl sites for hydroxylation is 1.